The van der Waals surface area contributed by atoms with Gasteiger partial charge in [-0.1, -0.05) is 149 Å². The van der Waals surface area contributed by atoms with Crippen LogP contribution < -0.4 is 0 Å². The predicted octanol–water partition coefficient (Wildman–Crippen LogP) is 15.1. The second kappa shape index (κ2) is 14.6. The Kier molecular flexibility index (Phi) is 8.97. The fourth-order valence-electron chi connectivity index (χ4n) is 12.4. The van der Waals surface area contributed by atoms with Crippen molar-refractivity contribution in [3.63, 3.8) is 0 Å². The van der Waals surface area contributed by atoms with Gasteiger partial charge in [0.25, 0.3) is 0 Å². The zero-order valence-corrected chi connectivity index (χ0v) is 37.3. The van der Waals surface area contributed by atoms with Crippen LogP contribution in [0.5, 0.6) is 0 Å². The van der Waals surface area contributed by atoms with E-state index < -0.39 is 0 Å². The average Bonchev–Trinajstić information content (AvgIpc) is 3.97. The molecule has 0 bridgehead atoms. The Hall–Kier alpha value is -6.32. The van der Waals surface area contributed by atoms with E-state index in [1.165, 1.54) is 122 Å². The molecule has 2 N–H and O–H groups in total. The van der Waals surface area contributed by atoms with Gasteiger partial charge in [0, 0.05) is 35.9 Å². The smallest absolute Gasteiger partial charge is 0.0431 e. The highest BCUT2D eigenvalue weighted by molar-refractivity contribution is 5.90. The molecule has 2 nitrogen and oxygen atoms in total. The fourth-order valence-corrected chi connectivity index (χ4v) is 12.4. The number of hydrogen-bond acceptors (Lipinski definition) is 2. The molecule has 64 heavy (non-hydrogen) atoms. The first kappa shape index (κ1) is 39.3. The molecule has 0 saturated carbocycles. The molecular weight excluding hydrogens is 777 g/mol. The lowest BCUT2D eigenvalue weighted by Gasteiger charge is -2.24. The third-order valence-electron chi connectivity index (χ3n) is 15.8. The van der Waals surface area contributed by atoms with Crippen LogP contribution >= 0.6 is 0 Å². The zero-order chi connectivity index (χ0) is 43.5. The van der Waals surface area contributed by atoms with E-state index in [1.807, 2.05) is 0 Å². The van der Waals surface area contributed by atoms with E-state index in [1.54, 1.807) is 0 Å². The van der Waals surface area contributed by atoms with Crippen molar-refractivity contribution < 1.29 is 10.2 Å². The van der Waals surface area contributed by atoms with Gasteiger partial charge in [-0.3, -0.25) is 0 Å². The molecular formula is C62H54O2. The molecule has 0 heterocycles. The average molecular weight is 831 g/mol. The van der Waals surface area contributed by atoms with Crippen molar-refractivity contribution in [1.29, 1.82) is 0 Å². The lowest BCUT2D eigenvalue weighted by atomic mass is 9.79. The molecule has 0 saturated heterocycles. The van der Waals surface area contributed by atoms with Gasteiger partial charge in [0.15, 0.2) is 0 Å². The molecule has 8 aromatic rings. The molecule has 8 aromatic carbocycles. The number of rotatable bonds is 9. The van der Waals surface area contributed by atoms with Gasteiger partial charge in [-0.25, -0.2) is 0 Å². The summed E-state index contributed by atoms with van der Waals surface area (Å²) >= 11 is 0. The van der Waals surface area contributed by atoms with Gasteiger partial charge in [-0.05, 0) is 184 Å². The minimum Gasteiger partial charge on any atom is -0.396 e. The van der Waals surface area contributed by atoms with Crippen molar-refractivity contribution in [1.82, 2.24) is 0 Å². The SMILES string of the molecule is CC1(C)c2cc(-c3ccc4c(c3)C(CCCO)c3ccccc3-4)ccc2-c2ccc(-c3ccc4c(c3)C(C)(C)c3cc(-c5ccc6c(c5)C(CCCO)c5ccccc5-6)ccc3-4)cc21. The van der Waals surface area contributed by atoms with E-state index in [-0.39, 0.29) is 24.0 Å². The standard InChI is InChI=1S/C62H54O2/c1-61(2)57-33-39(37-17-23-49-45-13-7-5-11-43(45)47(15-9-29-63)55(49)31-37)19-25-51(57)53-27-21-41(35-59(53)61)42-22-28-54-52-26-20-40(34-58(52)62(3,4)60(54)36-42)38-18-24-50-46-14-8-6-12-44(46)48(16-10-30-64)56(50)32-38/h5-8,11-14,17-28,31-36,47-48,63-64H,9-10,15-16,29-30H2,1-4H3. The summed E-state index contributed by atoms with van der Waals surface area (Å²) in [6.45, 7) is 10.0. The van der Waals surface area contributed by atoms with Crippen LogP contribution in [0.4, 0.5) is 0 Å². The third kappa shape index (κ3) is 5.78. The lowest BCUT2D eigenvalue weighted by Crippen LogP contribution is -2.15. The van der Waals surface area contributed by atoms with Crippen LogP contribution in [0.2, 0.25) is 0 Å². The van der Waals surface area contributed by atoms with Gasteiger partial charge in [0.2, 0.25) is 0 Å². The van der Waals surface area contributed by atoms with E-state index in [0.717, 1.165) is 25.7 Å². The van der Waals surface area contributed by atoms with Crippen LogP contribution in [0.25, 0.3) is 77.9 Å². The molecule has 2 unspecified atom stereocenters. The first-order valence-electron chi connectivity index (χ1n) is 23.4. The second-order valence-electron chi connectivity index (χ2n) is 19.9. The normalized spacial score (nSPS) is 17.2. The number of hydrogen-bond donors (Lipinski definition) is 2. The van der Waals surface area contributed by atoms with Crippen molar-refractivity contribution in [2.45, 2.75) is 76.0 Å². The van der Waals surface area contributed by atoms with Crippen molar-refractivity contribution in [3.05, 3.63) is 202 Å². The van der Waals surface area contributed by atoms with Crippen molar-refractivity contribution in [2.75, 3.05) is 13.2 Å². The van der Waals surface area contributed by atoms with Gasteiger partial charge < -0.3 is 10.2 Å². The summed E-state index contributed by atoms with van der Waals surface area (Å²) in [7, 11) is 0. The highest BCUT2D eigenvalue weighted by Crippen LogP contribution is 2.55. The summed E-state index contributed by atoms with van der Waals surface area (Å²) < 4.78 is 0. The highest BCUT2D eigenvalue weighted by Gasteiger charge is 2.39. The summed E-state index contributed by atoms with van der Waals surface area (Å²) in [5.74, 6) is 0.629. The Morgan fingerprint density at radius 2 is 0.609 bits per heavy atom. The highest BCUT2D eigenvalue weighted by atomic mass is 16.3. The summed E-state index contributed by atoms with van der Waals surface area (Å²) in [5.41, 5.74) is 29.0. The predicted molar refractivity (Wildman–Crippen MR) is 265 cm³/mol. The molecule has 0 fully saturated rings. The van der Waals surface area contributed by atoms with E-state index in [2.05, 4.69) is 185 Å². The molecule has 0 aromatic heterocycles. The molecule has 12 rings (SSSR count). The van der Waals surface area contributed by atoms with E-state index in [9.17, 15) is 10.2 Å². The Morgan fingerprint density at radius 1 is 0.328 bits per heavy atom. The van der Waals surface area contributed by atoms with Gasteiger partial charge in [0.1, 0.15) is 0 Å². The van der Waals surface area contributed by atoms with Crippen LogP contribution in [0.3, 0.4) is 0 Å². The Bertz CT molecular complexity index is 3000. The maximum Gasteiger partial charge on any atom is 0.0431 e. The first-order chi connectivity index (χ1) is 31.1. The summed E-state index contributed by atoms with van der Waals surface area (Å²) in [6.07, 6.45) is 3.51. The third-order valence-corrected chi connectivity index (χ3v) is 15.8. The van der Waals surface area contributed by atoms with Crippen molar-refractivity contribution >= 4 is 0 Å². The van der Waals surface area contributed by atoms with Gasteiger partial charge in [-0.15, -0.1) is 0 Å². The minimum atomic E-state index is -0.158. The molecule has 2 heteroatoms. The lowest BCUT2D eigenvalue weighted by molar-refractivity contribution is 0.282. The van der Waals surface area contributed by atoms with Crippen molar-refractivity contribution in [2.24, 2.45) is 0 Å². The Labute approximate surface area is 378 Å². The van der Waals surface area contributed by atoms with E-state index in [4.69, 9.17) is 0 Å². The molecule has 0 radical (unpaired) electrons. The number of fused-ring (bicyclic) bond motifs is 12. The van der Waals surface area contributed by atoms with Gasteiger partial charge in [-0.2, -0.15) is 0 Å². The maximum absolute atomic E-state index is 9.74. The maximum atomic E-state index is 9.74. The van der Waals surface area contributed by atoms with Gasteiger partial charge >= 0.3 is 0 Å². The van der Waals surface area contributed by atoms with Crippen LogP contribution in [0, 0.1) is 0 Å². The molecule has 2 atom stereocenters. The monoisotopic (exact) mass is 830 g/mol. The number of aliphatic hydroxyl groups is 2. The Balaban J connectivity index is 0.844. The van der Waals surface area contributed by atoms with Gasteiger partial charge in [0.05, 0.1) is 0 Å². The Morgan fingerprint density at radius 3 is 0.938 bits per heavy atom. The quantitative estimate of drug-likeness (QED) is 0.152. The van der Waals surface area contributed by atoms with Crippen LogP contribution in [0.15, 0.2) is 158 Å². The second-order valence-corrected chi connectivity index (χ2v) is 19.9. The van der Waals surface area contributed by atoms with Crippen LogP contribution in [-0.4, -0.2) is 23.4 Å². The first-order valence-corrected chi connectivity index (χ1v) is 23.4. The molecule has 314 valence electrons. The molecule has 0 aliphatic heterocycles. The topological polar surface area (TPSA) is 40.5 Å². The minimum absolute atomic E-state index is 0.158. The van der Waals surface area contributed by atoms with E-state index >= 15 is 0 Å². The molecule has 4 aliphatic carbocycles. The largest absolute Gasteiger partial charge is 0.396 e. The number of aliphatic hydroxyl groups excluding tert-OH is 2. The zero-order valence-electron chi connectivity index (χ0n) is 37.3. The summed E-state index contributed by atoms with van der Waals surface area (Å²) in [6, 6.07) is 60.2. The van der Waals surface area contributed by atoms with E-state index in [0.29, 0.717) is 11.8 Å². The summed E-state index contributed by atoms with van der Waals surface area (Å²) in [4.78, 5) is 0. The van der Waals surface area contributed by atoms with Crippen LogP contribution in [0.1, 0.15) is 110 Å². The van der Waals surface area contributed by atoms with Crippen molar-refractivity contribution in [3.8, 4) is 77.9 Å². The van der Waals surface area contributed by atoms with Crippen LogP contribution in [-0.2, 0) is 10.8 Å². The summed E-state index contributed by atoms with van der Waals surface area (Å²) in [5, 5.41) is 19.5. The number of benzene rings is 8. The molecule has 0 amide bonds. The molecule has 4 aliphatic rings. The fraction of sp³-hybridized carbons (Fsp3) is 0.226. The molecule has 0 spiro atoms.